The zero-order chi connectivity index (χ0) is 28.9. The fraction of sp³-hybridized carbons (Fsp3) is 0.0625. The molecule has 0 heteroatoms. The van der Waals surface area contributed by atoms with Crippen molar-refractivity contribution in [1.29, 1.82) is 0 Å². The summed E-state index contributed by atoms with van der Waals surface area (Å²) in [6.45, 7) is 3.59. The van der Waals surface area contributed by atoms with Gasteiger partial charge in [0.25, 0.3) is 0 Å². The largest absolute Gasteiger partial charge is 0.0629 e. The Morgan fingerprint density at radius 1 is 0.344 bits per heavy atom. The van der Waals surface area contributed by atoms with Gasteiger partial charge in [-0.05, 0) is 69.5 Å². The molecular weight excluding hydrogens is 384 g/mol. The van der Waals surface area contributed by atoms with Crippen molar-refractivity contribution < 1.29 is 11.0 Å². The van der Waals surface area contributed by atoms with Crippen molar-refractivity contribution in [3.05, 3.63) is 132 Å². The summed E-state index contributed by atoms with van der Waals surface area (Å²) in [6, 6.07) is 20.0. The second-order valence-electron chi connectivity index (χ2n) is 7.51. The molecule has 0 heterocycles. The van der Waals surface area contributed by atoms with Crippen molar-refractivity contribution in [3.63, 3.8) is 0 Å². The number of hydrogen-bond donors (Lipinski definition) is 0. The number of hydrogen-bond acceptors (Lipinski definition) is 0. The van der Waals surface area contributed by atoms with E-state index in [4.69, 9.17) is 11.0 Å². The van der Waals surface area contributed by atoms with Crippen molar-refractivity contribution in [2.75, 3.05) is 0 Å². The van der Waals surface area contributed by atoms with Crippen LogP contribution in [0, 0.1) is 13.8 Å². The highest BCUT2D eigenvalue weighted by Crippen LogP contribution is 2.48. The second-order valence-corrected chi connectivity index (χ2v) is 7.51. The molecule has 0 fully saturated rings. The lowest BCUT2D eigenvalue weighted by molar-refractivity contribution is 1.38. The molecule has 0 atom stereocenters. The highest BCUT2D eigenvalue weighted by Gasteiger charge is 2.23. The highest BCUT2D eigenvalue weighted by molar-refractivity contribution is 6.00. The standard InChI is InChI=1S/C32H26/c1-23-29(25-15-7-3-8-16-25)31(27-19-11-5-12-20-27)24(2)32(28-21-13-6-14-22-28)30(23)26-17-9-4-10-18-26/h3-22H,1-2H3/i15D,16D,17D,18D,19D,20D,21D,22D. The van der Waals surface area contributed by atoms with Gasteiger partial charge in [0.2, 0.25) is 0 Å². The summed E-state index contributed by atoms with van der Waals surface area (Å²) in [5.41, 5.74) is 4.22. The molecule has 0 spiro atoms. The molecule has 0 nitrogen and oxygen atoms in total. The van der Waals surface area contributed by atoms with E-state index in [0.29, 0.717) is 55.6 Å². The Bertz CT molecular complexity index is 1470. The number of benzene rings is 5. The maximum atomic E-state index is 8.78. The first-order valence-electron chi connectivity index (χ1n) is 14.5. The minimum Gasteiger partial charge on any atom is -0.0622 e. The van der Waals surface area contributed by atoms with Crippen LogP contribution in [0.2, 0.25) is 0 Å². The summed E-state index contributed by atoms with van der Waals surface area (Å²) in [6.07, 6.45) is 0. The van der Waals surface area contributed by atoms with E-state index >= 15 is 0 Å². The Balaban J connectivity index is 2.15. The average molecular weight is 419 g/mol. The van der Waals surface area contributed by atoms with Crippen molar-refractivity contribution >= 4 is 0 Å². The molecule has 0 aliphatic rings. The lowest BCUT2D eigenvalue weighted by Gasteiger charge is -2.25. The fourth-order valence-electron chi connectivity index (χ4n) is 4.24. The summed E-state index contributed by atoms with van der Waals surface area (Å²) in [5.74, 6) is 0. The zero-order valence-corrected chi connectivity index (χ0v) is 17.9. The summed E-state index contributed by atoms with van der Waals surface area (Å²) in [7, 11) is 0. The molecule has 0 bridgehead atoms. The Hall–Kier alpha value is -3.90. The van der Waals surface area contributed by atoms with Crippen LogP contribution in [0.15, 0.2) is 121 Å². The van der Waals surface area contributed by atoms with E-state index in [2.05, 4.69) is 0 Å². The maximum Gasteiger partial charge on any atom is 0.0629 e. The van der Waals surface area contributed by atoms with Crippen LogP contribution in [-0.2, 0) is 0 Å². The zero-order valence-electron chi connectivity index (χ0n) is 25.9. The van der Waals surface area contributed by atoms with Gasteiger partial charge in [0, 0.05) is 0 Å². The van der Waals surface area contributed by atoms with Crippen LogP contribution in [0.5, 0.6) is 0 Å². The Kier molecular flexibility index (Phi) is 3.48. The van der Waals surface area contributed by atoms with Gasteiger partial charge in [-0.3, -0.25) is 0 Å². The average Bonchev–Trinajstić information content (AvgIpc) is 2.88. The first-order valence-corrected chi connectivity index (χ1v) is 10.5. The molecule has 154 valence electrons. The van der Waals surface area contributed by atoms with Crippen LogP contribution in [-0.4, -0.2) is 0 Å². The van der Waals surface area contributed by atoms with Crippen molar-refractivity contribution in [1.82, 2.24) is 0 Å². The predicted molar refractivity (Wildman–Crippen MR) is 138 cm³/mol. The molecule has 0 radical (unpaired) electrons. The van der Waals surface area contributed by atoms with E-state index in [0.717, 1.165) is 0 Å². The highest BCUT2D eigenvalue weighted by atomic mass is 14.3. The van der Waals surface area contributed by atoms with Crippen molar-refractivity contribution in [3.8, 4) is 44.5 Å². The predicted octanol–water partition coefficient (Wildman–Crippen LogP) is 8.97. The van der Waals surface area contributed by atoms with Gasteiger partial charge in [0.15, 0.2) is 0 Å². The normalized spacial score (nSPS) is 14.3. The minimum atomic E-state index is 0.0938. The molecule has 0 aliphatic heterocycles. The van der Waals surface area contributed by atoms with Crippen LogP contribution < -0.4 is 0 Å². The van der Waals surface area contributed by atoms with Gasteiger partial charge < -0.3 is 0 Å². The maximum absolute atomic E-state index is 8.78. The van der Waals surface area contributed by atoms with E-state index in [1.54, 1.807) is 86.6 Å². The van der Waals surface area contributed by atoms with Crippen molar-refractivity contribution in [2.45, 2.75) is 13.8 Å². The fourth-order valence-corrected chi connectivity index (χ4v) is 4.24. The van der Waals surface area contributed by atoms with Gasteiger partial charge in [-0.25, -0.2) is 0 Å². The van der Waals surface area contributed by atoms with Gasteiger partial charge in [0.05, 0.1) is 11.0 Å². The molecular formula is C32H26. The molecule has 5 aromatic rings. The van der Waals surface area contributed by atoms with E-state index in [-0.39, 0.29) is 48.3 Å². The molecule has 0 saturated carbocycles. The van der Waals surface area contributed by atoms with Crippen molar-refractivity contribution in [2.24, 2.45) is 0 Å². The van der Waals surface area contributed by atoms with Crippen LogP contribution in [0.25, 0.3) is 44.5 Å². The van der Waals surface area contributed by atoms with Gasteiger partial charge in [0.1, 0.15) is 0 Å². The van der Waals surface area contributed by atoms with E-state index in [1.807, 2.05) is 0 Å². The minimum absolute atomic E-state index is 0.0938. The van der Waals surface area contributed by atoms with E-state index in [1.165, 1.54) is 0 Å². The smallest absolute Gasteiger partial charge is 0.0622 e. The Morgan fingerprint density at radius 3 is 0.719 bits per heavy atom. The number of rotatable bonds is 4. The lowest BCUT2D eigenvalue weighted by atomic mass is 9.78. The SMILES string of the molecule is [2H]c1cccc([2H])c1-c1c(C)c(-c2c([2H])cccc2[2H])c(-c2c([2H])cccc2[2H])c(C)c1-c1c([2H])cccc1[2H]. The van der Waals surface area contributed by atoms with Crippen LogP contribution in [0.3, 0.4) is 0 Å². The summed E-state index contributed by atoms with van der Waals surface area (Å²) in [4.78, 5) is 0. The molecule has 0 amide bonds. The molecule has 5 aromatic carbocycles. The van der Waals surface area contributed by atoms with Gasteiger partial charge >= 0.3 is 0 Å². The Morgan fingerprint density at radius 2 is 0.531 bits per heavy atom. The first kappa shape index (κ1) is 12.8. The second kappa shape index (κ2) is 8.69. The van der Waals surface area contributed by atoms with Gasteiger partial charge in [-0.15, -0.1) is 0 Å². The van der Waals surface area contributed by atoms with Crippen LogP contribution >= 0.6 is 0 Å². The monoisotopic (exact) mass is 418 g/mol. The summed E-state index contributed by atoms with van der Waals surface area (Å²) in [5, 5.41) is 0. The third-order valence-corrected chi connectivity index (χ3v) is 5.59. The molecule has 32 heavy (non-hydrogen) atoms. The molecule has 5 rings (SSSR count). The first-order chi connectivity index (χ1) is 19.0. The van der Waals surface area contributed by atoms with Gasteiger partial charge in [-0.1, -0.05) is 121 Å². The van der Waals surface area contributed by atoms with Crippen LogP contribution in [0.1, 0.15) is 22.1 Å². The third kappa shape index (κ3) is 3.55. The Labute approximate surface area is 202 Å². The van der Waals surface area contributed by atoms with Crippen LogP contribution in [0.4, 0.5) is 0 Å². The topological polar surface area (TPSA) is 0 Å². The van der Waals surface area contributed by atoms with Gasteiger partial charge in [-0.2, -0.15) is 0 Å². The summed E-state index contributed by atoms with van der Waals surface area (Å²) < 4.78 is 70.2. The summed E-state index contributed by atoms with van der Waals surface area (Å²) >= 11 is 0. The molecule has 0 saturated heterocycles. The molecule has 0 unspecified atom stereocenters. The molecule has 0 aliphatic carbocycles. The quantitative estimate of drug-likeness (QED) is 0.273. The molecule has 0 N–H and O–H groups in total. The van der Waals surface area contributed by atoms with E-state index < -0.39 is 0 Å². The molecule has 0 aromatic heterocycles. The third-order valence-electron chi connectivity index (χ3n) is 5.59. The van der Waals surface area contributed by atoms with E-state index in [9.17, 15) is 0 Å². The lowest BCUT2D eigenvalue weighted by Crippen LogP contribution is -2.01.